The average molecular weight is 160 g/mol. The van der Waals surface area contributed by atoms with Crippen molar-refractivity contribution in [3.05, 3.63) is 0 Å². The number of nitrogens with two attached hydrogens (primary N) is 1. The van der Waals surface area contributed by atoms with Gasteiger partial charge < -0.3 is 11.1 Å². The van der Waals surface area contributed by atoms with E-state index in [0.29, 0.717) is 6.04 Å². The summed E-state index contributed by atoms with van der Waals surface area (Å²) in [5.74, 6) is 2.29. The molecule has 0 unspecified atom stereocenters. The van der Waals surface area contributed by atoms with Crippen molar-refractivity contribution in [2.24, 2.45) is 5.73 Å². The number of primary amides is 1. The summed E-state index contributed by atoms with van der Waals surface area (Å²) in [4.78, 5) is 10.4. The van der Waals surface area contributed by atoms with Crippen molar-refractivity contribution < 1.29 is 4.79 Å². The largest absolute Gasteiger partial charge is 0.352 e. The first-order valence-electron chi connectivity index (χ1n) is 3.43. The zero-order valence-electron chi connectivity index (χ0n) is 5.80. The molecule has 0 saturated carbocycles. The van der Waals surface area contributed by atoms with Crippen molar-refractivity contribution in [1.82, 2.24) is 5.32 Å². The average Bonchev–Trinajstić information content (AvgIpc) is 1.88. The van der Waals surface area contributed by atoms with E-state index in [0.717, 1.165) is 24.3 Å². The topological polar surface area (TPSA) is 55.1 Å². The SMILES string of the molecule is NC(=O)NC1CCSCC1. The van der Waals surface area contributed by atoms with Gasteiger partial charge in [0.15, 0.2) is 0 Å². The number of rotatable bonds is 1. The summed E-state index contributed by atoms with van der Waals surface area (Å²) in [6.45, 7) is 0. The highest BCUT2D eigenvalue weighted by Crippen LogP contribution is 2.16. The molecule has 3 nitrogen and oxygen atoms in total. The molecule has 0 aromatic rings. The molecule has 2 amide bonds. The van der Waals surface area contributed by atoms with Gasteiger partial charge in [-0.1, -0.05) is 0 Å². The van der Waals surface area contributed by atoms with Crippen LogP contribution < -0.4 is 11.1 Å². The van der Waals surface area contributed by atoms with Gasteiger partial charge in [-0.3, -0.25) is 0 Å². The standard InChI is InChI=1S/C6H12N2OS/c7-6(9)8-5-1-3-10-4-2-5/h5H,1-4H2,(H3,7,8,9). The van der Waals surface area contributed by atoms with Gasteiger partial charge in [0.05, 0.1) is 0 Å². The minimum atomic E-state index is -0.392. The van der Waals surface area contributed by atoms with Gasteiger partial charge in [-0.05, 0) is 24.3 Å². The highest BCUT2D eigenvalue weighted by molar-refractivity contribution is 7.99. The molecule has 0 bridgehead atoms. The Bertz CT molecular complexity index is 123. The third kappa shape index (κ3) is 2.47. The van der Waals surface area contributed by atoms with Crippen molar-refractivity contribution in [3.8, 4) is 0 Å². The van der Waals surface area contributed by atoms with E-state index in [-0.39, 0.29) is 0 Å². The zero-order valence-corrected chi connectivity index (χ0v) is 6.62. The Morgan fingerprint density at radius 2 is 2.10 bits per heavy atom. The van der Waals surface area contributed by atoms with Crippen LogP contribution in [0, 0.1) is 0 Å². The molecule has 0 aliphatic carbocycles. The molecular weight excluding hydrogens is 148 g/mol. The fraction of sp³-hybridized carbons (Fsp3) is 0.833. The summed E-state index contributed by atoms with van der Waals surface area (Å²) < 4.78 is 0. The van der Waals surface area contributed by atoms with E-state index >= 15 is 0 Å². The van der Waals surface area contributed by atoms with E-state index in [2.05, 4.69) is 5.32 Å². The van der Waals surface area contributed by atoms with Crippen LogP contribution in [0.2, 0.25) is 0 Å². The Labute approximate surface area is 64.7 Å². The molecule has 3 N–H and O–H groups in total. The minimum Gasteiger partial charge on any atom is -0.352 e. The van der Waals surface area contributed by atoms with Crippen molar-refractivity contribution in [2.75, 3.05) is 11.5 Å². The molecule has 0 aromatic heterocycles. The molecule has 1 heterocycles. The molecule has 0 spiro atoms. The van der Waals surface area contributed by atoms with E-state index in [4.69, 9.17) is 5.73 Å². The first-order chi connectivity index (χ1) is 4.79. The summed E-state index contributed by atoms with van der Waals surface area (Å²) in [6, 6.07) is -0.0596. The molecule has 1 aliphatic heterocycles. The number of hydrogen-bond donors (Lipinski definition) is 2. The van der Waals surface area contributed by atoms with Gasteiger partial charge in [0.25, 0.3) is 0 Å². The maximum atomic E-state index is 10.4. The molecular formula is C6H12N2OS. The fourth-order valence-corrected chi connectivity index (χ4v) is 2.15. The van der Waals surface area contributed by atoms with Gasteiger partial charge in [-0.2, -0.15) is 11.8 Å². The lowest BCUT2D eigenvalue weighted by molar-refractivity contribution is 0.244. The van der Waals surface area contributed by atoms with Crippen LogP contribution in [0.4, 0.5) is 4.79 Å². The van der Waals surface area contributed by atoms with Crippen LogP contribution in [0.15, 0.2) is 0 Å². The van der Waals surface area contributed by atoms with Crippen LogP contribution in [-0.2, 0) is 0 Å². The molecule has 1 fully saturated rings. The maximum absolute atomic E-state index is 10.4. The van der Waals surface area contributed by atoms with Gasteiger partial charge >= 0.3 is 6.03 Å². The molecule has 0 aromatic carbocycles. The molecule has 10 heavy (non-hydrogen) atoms. The summed E-state index contributed by atoms with van der Waals surface area (Å²) in [7, 11) is 0. The van der Waals surface area contributed by atoms with Gasteiger partial charge in [0.2, 0.25) is 0 Å². The fourth-order valence-electron chi connectivity index (χ4n) is 1.04. The molecule has 4 heteroatoms. The van der Waals surface area contributed by atoms with E-state index < -0.39 is 6.03 Å². The number of nitrogens with one attached hydrogen (secondary N) is 1. The predicted octanol–water partition coefficient (Wildman–Crippen LogP) is 0.550. The van der Waals surface area contributed by atoms with E-state index in [9.17, 15) is 4.79 Å². The zero-order chi connectivity index (χ0) is 7.40. The maximum Gasteiger partial charge on any atom is 0.312 e. The van der Waals surface area contributed by atoms with Crippen LogP contribution in [-0.4, -0.2) is 23.6 Å². The lowest BCUT2D eigenvalue weighted by atomic mass is 10.2. The van der Waals surface area contributed by atoms with Crippen molar-refractivity contribution >= 4 is 17.8 Å². The first kappa shape index (κ1) is 7.72. The summed E-state index contributed by atoms with van der Waals surface area (Å²) in [5, 5.41) is 2.71. The molecule has 1 rings (SSSR count). The number of carbonyl (C=O) groups is 1. The Balaban J connectivity index is 2.19. The van der Waals surface area contributed by atoms with Crippen LogP contribution >= 0.6 is 11.8 Å². The normalized spacial score (nSPS) is 20.4. The van der Waals surface area contributed by atoms with Crippen molar-refractivity contribution in [3.63, 3.8) is 0 Å². The number of amides is 2. The second-order valence-electron chi connectivity index (χ2n) is 2.40. The smallest absolute Gasteiger partial charge is 0.312 e. The number of thioether (sulfide) groups is 1. The number of hydrogen-bond acceptors (Lipinski definition) is 2. The van der Waals surface area contributed by atoms with E-state index in [1.807, 2.05) is 11.8 Å². The molecule has 0 radical (unpaired) electrons. The van der Waals surface area contributed by atoms with Gasteiger partial charge in [0.1, 0.15) is 0 Å². The van der Waals surface area contributed by atoms with Gasteiger partial charge in [-0.25, -0.2) is 4.79 Å². The Hall–Kier alpha value is -0.380. The summed E-state index contributed by atoms with van der Waals surface area (Å²) in [6.07, 6.45) is 2.13. The molecule has 1 saturated heterocycles. The number of carbonyl (C=O) groups excluding carboxylic acids is 1. The van der Waals surface area contributed by atoms with Crippen LogP contribution in [0.25, 0.3) is 0 Å². The van der Waals surface area contributed by atoms with Crippen LogP contribution in [0.5, 0.6) is 0 Å². The van der Waals surface area contributed by atoms with Crippen molar-refractivity contribution in [1.29, 1.82) is 0 Å². The predicted molar refractivity (Wildman–Crippen MR) is 43.1 cm³/mol. The van der Waals surface area contributed by atoms with Crippen LogP contribution in [0.3, 0.4) is 0 Å². The quantitative estimate of drug-likeness (QED) is 0.588. The molecule has 58 valence electrons. The molecule has 1 aliphatic rings. The van der Waals surface area contributed by atoms with Gasteiger partial charge in [-0.15, -0.1) is 0 Å². The first-order valence-corrected chi connectivity index (χ1v) is 4.58. The van der Waals surface area contributed by atoms with Crippen LogP contribution in [0.1, 0.15) is 12.8 Å². The lowest BCUT2D eigenvalue weighted by Crippen LogP contribution is -2.40. The highest BCUT2D eigenvalue weighted by Gasteiger charge is 2.13. The van der Waals surface area contributed by atoms with E-state index in [1.54, 1.807) is 0 Å². The lowest BCUT2D eigenvalue weighted by Gasteiger charge is -2.21. The minimum absolute atomic E-state index is 0.332. The Kier molecular flexibility index (Phi) is 2.86. The monoisotopic (exact) mass is 160 g/mol. The second kappa shape index (κ2) is 3.71. The number of urea groups is 1. The third-order valence-corrected chi connectivity index (χ3v) is 2.62. The molecule has 0 atom stereocenters. The Morgan fingerprint density at radius 1 is 1.50 bits per heavy atom. The third-order valence-electron chi connectivity index (χ3n) is 1.57. The van der Waals surface area contributed by atoms with Crippen molar-refractivity contribution in [2.45, 2.75) is 18.9 Å². The highest BCUT2D eigenvalue weighted by atomic mass is 32.2. The van der Waals surface area contributed by atoms with Gasteiger partial charge in [0, 0.05) is 6.04 Å². The summed E-state index contributed by atoms with van der Waals surface area (Å²) in [5.41, 5.74) is 4.97. The van der Waals surface area contributed by atoms with E-state index in [1.165, 1.54) is 0 Å². The summed E-state index contributed by atoms with van der Waals surface area (Å²) >= 11 is 1.93. The second-order valence-corrected chi connectivity index (χ2v) is 3.62. The Morgan fingerprint density at radius 3 is 2.60 bits per heavy atom.